The molecule has 0 aliphatic heterocycles. The van der Waals surface area contributed by atoms with Crippen LogP contribution < -0.4 is 0 Å². The number of ether oxygens (including phenoxy) is 1. The maximum absolute atomic E-state index is 11.5. The van der Waals surface area contributed by atoms with Crippen LogP contribution in [0.2, 0.25) is 0 Å². The van der Waals surface area contributed by atoms with E-state index in [-0.39, 0.29) is 12.4 Å². The Labute approximate surface area is 95.8 Å². The number of carbonyl (C=O) groups excluding carboxylic acids is 1. The SMILES string of the molecule is O=C(COCC1CCCCC1)c1ccco1. The molecule has 0 spiro atoms. The molecule has 0 saturated heterocycles. The molecule has 0 N–H and O–H groups in total. The molecule has 1 heterocycles. The third kappa shape index (κ3) is 3.20. The van der Waals surface area contributed by atoms with Gasteiger partial charge in [0, 0.05) is 0 Å². The van der Waals surface area contributed by atoms with E-state index < -0.39 is 0 Å². The Morgan fingerprint density at radius 1 is 1.38 bits per heavy atom. The number of hydrogen-bond acceptors (Lipinski definition) is 3. The fraction of sp³-hybridized carbons (Fsp3) is 0.615. The molecule has 1 aromatic rings. The molecule has 1 aromatic heterocycles. The summed E-state index contributed by atoms with van der Waals surface area (Å²) in [4.78, 5) is 11.5. The second kappa shape index (κ2) is 5.85. The van der Waals surface area contributed by atoms with Crippen molar-refractivity contribution >= 4 is 5.78 Å². The molecule has 0 unspecified atom stereocenters. The zero-order valence-electron chi connectivity index (χ0n) is 9.48. The van der Waals surface area contributed by atoms with Crippen molar-refractivity contribution in [3.8, 4) is 0 Å². The van der Waals surface area contributed by atoms with Crippen molar-refractivity contribution in [2.75, 3.05) is 13.2 Å². The number of ketones is 1. The quantitative estimate of drug-likeness (QED) is 0.719. The van der Waals surface area contributed by atoms with Crippen LogP contribution >= 0.6 is 0 Å². The van der Waals surface area contributed by atoms with E-state index in [2.05, 4.69) is 0 Å². The van der Waals surface area contributed by atoms with Crippen LogP contribution in [-0.4, -0.2) is 19.0 Å². The first-order chi connectivity index (χ1) is 7.86. The lowest BCUT2D eigenvalue weighted by molar-refractivity contribution is 0.0606. The summed E-state index contributed by atoms with van der Waals surface area (Å²) in [6.07, 6.45) is 7.96. The average Bonchev–Trinajstić information content (AvgIpc) is 2.84. The summed E-state index contributed by atoms with van der Waals surface area (Å²) in [6, 6.07) is 3.39. The highest BCUT2D eigenvalue weighted by Gasteiger charge is 2.15. The monoisotopic (exact) mass is 222 g/mol. The molecule has 16 heavy (non-hydrogen) atoms. The van der Waals surface area contributed by atoms with Gasteiger partial charge in [0.25, 0.3) is 0 Å². The Hall–Kier alpha value is -1.09. The smallest absolute Gasteiger partial charge is 0.223 e. The van der Waals surface area contributed by atoms with Gasteiger partial charge in [-0.1, -0.05) is 19.3 Å². The number of carbonyl (C=O) groups is 1. The molecule has 0 atom stereocenters. The maximum Gasteiger partial charge on any atom is 0.223 e. The van der Waals surface area contributed by atoms with Crippen LogP contribution in [0.15, 0.2) is 22.8 Å². The second-order valence-electron chi connectivity index (χ2n) is 4.42. The Morgan fingerprint density at radius 2 is 2.19 bits per heavy atom. The summed E-state index contributed by atoms with van der Waals surface area (Å²) >= 11 is 0. The van der Waals surface area contributed by atoms with Crippen molar-refractivity contribution in [3.05, 3.63) is 24.2 Å². The molecule has 1 fully saturated rings. The van der Waals surface area contributed by atoms with Gasteiger partial charge in [0.2, 0.25) is 5.78 Å². The summed E-state index contributed by atoms with van der Waals surface area (Å²) in [5.41, 5.74) is 0. The zero-order chi connectivity index (χ0) is 11.2. The fourth-order valence-electron chi connectivity index (χ4n) is 2.18. The van der Waals surface area contributed by atoms with E-state index in [4.69, 9.17) is 9.15 Å². The van der Waals surface area contributed by atoms with Gasteiger partial charge in [-0.2, -0.15) is 0 Å². The van der Waals surface area contributed by atoms with Gasteiger partial charge in [0.05, 0.1) is 12.9 Å². The van der Waals surface area contributed by atoms with Crippen LogP contribution in [0.25, 0.3) is 0 Å². The van der Waals surface area contributed by atoms with Gasteiger partial charge in [0.15, 0.2) is 5.76 Å². The van der Waals surface area contributed by atoms with E-state index >= 15 is 0 Å². The van der Waals surface area contributed by atoms with Gasteiger partial charge in [-0.25, -0.2) is 0 Å². The summed E-state index contributed by atoms with van der Waals surface area (Å²) in [7, 11) is 0. The van der Waals surface area contributed by atoms with Crippen molar-refractivity contribution in [2.24, 2.45) is 5.92 Å². The second-order valence-corrected chi connectivity index (χ2v) is 4.42. The molecular weight excluding hydrogens is 204 g/mol. The van der Waals surface area contributed by atoms with E-state index in [0.29, 0.717) is 18.3 Å². The maximum atomic E-state index is 11.5. The minimum atomic E-state index is -0.0687. The first-order valence-corrected chi connectivity index (χ1v) is 6.00. The molecule has 0 aromatic carbocycles. The molecule has 3 nitrogen and oxygen atoms in total. The van der Waals surface area contributed by atoms with E-state index in [0.717, 1.165) is 0 Å². The Morgan fingerprint density at radius 3 is 2.88 bits per heavy atom. The predicted molar refractivity (Wildman–Crippen MR) is 60.4 cm³/mol. The van der Waals surface area contributed by atoms with Crippen molar-refractivity contribution in [1.82, 2.24) is 0 Å². The molecule has 0 bridgehead atoms. The lowest BCUT2D eigenvalue weighted by Crippen LogP contribution is -2.17. The standard InChI is InChI=1S/C13H18O3/c14-12(13-7-4-8-16-13)10-15-9-11-5-2-1-3-6-11/h4,7-8,11H,1-3,5-6,9-10H2. The summed E-state index contributed by atoms with van der Waals surface area (Å²) < 4.78 is 10.5. The van der Waals surface area contributed by atoms with Gasteiger partial charge in [0.1, 0.15) is 6.61 Å². The van der Waals surface area contributed by atoms with E-state index in [1.165, 1.54) is 38.4 Å². The number of furan rings is 1. The lowest BCUT2D eigenvalue weighted by Gasteiger charge is -2.20. The molecule has 2 rings (SSSR count). The Bertz CT molecular complexity index is 310. The van der Waals surface area contributed by atoms with Crippen LogP contribution in [0.4, 0.5) is 0 Å². The first-order valence-electron chi connectivity index (χ1n) is 6.00. The predicted octanol–water partition coefficient (Wildman–Crippen LogP) is 3.06. The number of Topliss-reactive ketones (excluding diaryl/α,β-unsaturated/α-hetero) is 1. The van der Waals surface area contributed by atoms with E-state index in [1.54, 1.807) is 12.1 Å². The topological polar surface area (TPSA) is 39.4 Å². The minimum Gasteiger partial charge on any atom is -0.461 e. The molecule has 88 valence electrons. The zero-order valence-corrected chi connectivity index (χ0v) is 9.48. The van der Waals surface area contributed by atoms with Crippen LogP contribution in [-0.2, 0) is 4.74 Å². The van der Waals surface area contributed by atoms with Crippen LogP contribution in [0.1, 0.15) is 42.7 Å². The summed E-state index contributed by atoms with van der Waals surface area (Å²) in [5.74, 6) is 0.975. The van der Waals surface area contributed by atoms with Gasteiger partial charge < -0.3 is 9.15 Å². The van der Waals surface area contributed by atoms with E-state index in [1.807, 2.05) is 0 Å². The van der Waals surface area contributed by atoms with Gasteiger partial charge in [-0.15, -0.1) is 0 Å². The van der Waals surface area contributed by atoms with E-state index in [9.17, 15) is 4.79 Å². The van der Waals surface area contributed by atoms with Crippen LogP contribution in [0.3, 0.4) is 0 Å². The van der Waals surface area contributed by atoms with Crippen molar-refractivity contribution < 1.29 is 13.9 Å². The largest absolute Gasteiger partial charge is 0.461 e. The minimum absolute atomic E-state index is 0.0687. The average molecular weight is 222 g/mol. The highest BCUT2D eigenvalue weighted by atomic mass is 16.5. The highest BCUT2D eigenvalue weighted by Crippen LogP contribution is 2.23. The molecule has 1 aliphatic carbocycles. The Kier molecular flexibility index (Phi) is 4.17. The summed E-state index contributed by atoms with van der Waals surface area (Å²) in [6.45, 7) is 0.858. The van der Waals surface area contributed by atoms with Crippen molar-refractivity contribution in [3.63, 3.8) is 0 Å². The Balaban J connectivity index is 1.66. The van der Waals surface area contributed by atoms with Crippen molar-refractivity contribution in [2.45, 2.75) is 32.1 Å². The molecule has 1 aliphatic rings. The van der Waals surface area contributed by atoms with Crippen molar-refractivity contribution in [1.29, 1.82) is 0 Å². The molecular formula is C13H18O3. The normalized spacial score (nSPS) is 17.5. The third-order valence-corrected chi connectivity index (χ3v) is 3.11. The fourth-order valence-corrected chi connectivity index (χ4v) is 2.18. The first kappa shape index (κ1) is 11.4. The van der Waals surface area contributed by atoms with Crippen LogP contribution in [0, 0.1) is 5.92 Å². The summed E-state index contributed by atoms with van der Waals surface area (Å²) in [5, 5.41) is 0. The number of rotatable bonds is 5. The van der Waals surface area contributed by atoms with Gasteiger partial charge in [-0.3, -0.25) is 4.79 Å². The third-order valence-electron chi connectivity index (χ3n) is 3.11. The van der Waals surface area contributed by atoms with Gasteiger partial charge in [-0.05, 0) is 30.9 Å². The van der Waals surface area contributed by atoms with Crippen LogP contribution in [0.5, 0.6) is 0 Å². The van der Waals surface area contributed by atoms with Gasteiger partial charge >= 0.3 is 0 Å². The molecule has 3 heteroatoms. The number of hydrogen-bond donors (Lipinski definition) is 0. The molecule has 0 radical (unpaired) electrons. The molecule has 1 saturated carbocycles. The lowest BCUT2D eigenvalue weighted by atomic mass is 9.90. The highest BCUT2D eigenvalue weighted by molar-refractivity contribution is 5.94. The molecule has 0 amide bonds.